The summed E-state index contributed by atoms with van der Waals surface area (Å²) in [7, 11) is 0. The third-order valence-corrected chi connectivity index (χ3v) is 4.53. The van der Waals surface area contributed by atoms with Gasteiger partial charge in [-0.3, -0.25) is 0 Å². The second-order valence-electron chi connectivity index (χ2n) is 6.11. The average Bonchev–Trinajstić information content (AvgIpc) is 3.33. The Morgan fingerprint density at radius 2 is 1.56 bits per heavy atom. The lowest BCUT2D eigenvalue weighted by Crippen LogP contribution is -2.13. The number of nitrogens with zero attached hydrogens (tertiary/aromatic N) is 1. The predicted molar refractivity (Wildman–Crippen MR) is 105 cm³/mol. The third kappa shape index (κ3) is 2.75. The van der Waals surface area contributed by atoms with Crippen molar-refractivity contribution in [2.75, 3.05) is 0 Å². The van der Waals surface area contributed by atoms with Crippen LogP contribution >= 0.6 is 12.2 Å². The standard InChI is InChI=1S/C20H14N4S/c25-20-11-18-9-16-4-3-14(22-16)7-12-1-2-13(21-12)8-15-5-6-17(23-15)10-19(20)24-18/h1-11,21-22,24H. The largest absolute Gasteiger partial charge is 0.355 e. The Balaban J connectivity index is 1.71. The van der Waals surface area contributed by atoms with Crippen molar-refractivity contribution in [2.45, 2.75) is 0 Å². The van der Waals surface area contributed by atoms with E-state index < -0.39 is 0 Å². The molecule has 2 aromatic heterocycles. The molecule has 0 saturated carbocycles. The maximum atomic E-state index is 5.47. The average molecular weight is 342 g/mol. The normalized spacial score (nSPS) is 17.8. The molecule has 5 heteroatoms. The number of H-pyrrole nitrogens is 2. The lowest BCUT2D eigenvalue weighted by atomic mass is 10.2. The molecule has 0 saturated heterocycles. The van der Waals surface area contributed by atoms with E-state index in [1.165, 1.54) is 0 Å². The number of aromatic amines is 2. The van der Waals surface area contributed by atoms with Crippen LogP contribution in [-0.4, -0.2) is 20.5 Å². The van der Waals surface area contributed by atoms with Gasteiger partial charge in [-0.2, -0.15) is 0 Å². The highest BCUT2D eigenvalue weighted by Gasteiger charge is 2.14. The van der Waals surface area contributed by atoms with Crippen LogP contribution < -0.4 is 16.0 Å². The van der Waals surface area contributed by atoms with E-state index in [0.717, 1.165) is 49.8 Å². The third-order valence-electron chi connectivity index (χ3n) is 4.19. The Morgan fingerprint density at radius 1 is 0.760 bits per heavy atom. The van der Waals surface area contributed by atoms with Gasteiger partial charge in [-0.05, 0) is 66.8 Å². The second-order valence-corrected chi connectivity index (χ2v) is 6.55. The van der Waals surface area contributed by atoms with Gasteiger partial charge in [-0.15, -0.1) is 0 Å². The van der Waals surface area contributed by atoms with Crippen LogP contribution in [0.3, 0.4) is 0 Å². The van der Waals surface area contributed by atoms with Crippen molar-refractivity contribution < 1.29 is 0 Å². The Kier molecular flexibility index (Phi) is 3.08. The highest BCUT2D eigenvalue weighted by molar-refractivity contribution is 7.81. The second kappa shape index (κ2) is 5.43. The minimum absolute atomic E-state index is 0.788. The Labute approximate surface area is 149 Å². The fourth-order valence-corrected chi connectivity index (χ4v) is 3.29. The molecule has 0 aliphatic carbocycles. The summed E-state index contributed by atoms with van der Waals surface area (Å²) in [6.07, 6.45) is 14.1. The molecule has 0 amide bonds. The van der Waals surface area contributed by atoms with Gasteiger partial charge in [0, 0.05) is 27.8 Å². The summed E-state index contributed by atoms with van der Waals surface area (Å²) < 4.78 is 0. The molecule has 0 fully saturated rings. The number of aliphatic imine (C=N–C) groups is 1. The molecule has 0 radical (unpaired) electrons. The van der Waals surface area contributed by atoms with Crippen molar-refractivity contribution in [3.63, 3.8) is 0 Å². The van der Waals surface area contributed by atoms with E-state index >= 15 is 0 Å². The first-order chi connectivity index (χ1) is 12.2. The zero-order valence-corrected chi connectivity index (χ0v) is 14.0. The van der Waals surface area contributed by atoms with E-state index in [2.05, 4.69) is 50.6 Å². The lowest BCUT2D eigenvalue weighted by molar-refractivity contribution is 1.12. The van der Waals surface area contributed by atoms with Gasteiger partial charge in [0.2, 0.25) is 0 Å². The Hall–Kier alpha value is -3.18. The molecule has 5 heterocycles. The van der Waals surface area contributed by atoms with E-state index in [4.69, 9.17) is 12.2 Å². The maximum Gasteiger partial charge on any atom is 0.0658 e. The van der Waals surface area contributed by atoms with Gasteiger partial charge in [0.25, 0.3) is 0 Å². The van der Waals surface area contributed by atoms with Gasteiger partial charge in [0.1, 0.15) is 0 Å². The van der Waals surface area contributed by atoms with Crippen LogP contribution in [0.1, 0.15) is 11.4 Å². The summed E-state index contributed by atoms with van der Waals surface area (Å²) in [4.78, 5) is 12.2. The molecule has 3 N–H and O–H groups in total. The Morgan fingerprint density at radius 3 is 2.44 bits per heavy atom. The van der Waals surface area contributed by atoms with Crippen molar-refractivity contribution in [1.82, 2.24) is 15.3 Å². The summed E-state index contributed by atoms with van der Waals surface area (Å²) in [6.45, 7) is 0. The van der Waals surface area contributed by atoms with E-state index in [9.17, 15) is 0 Å². The zero-order valence-electron chi connectivity index (χ0n) is 13.2. The minimum Gasteiger partial charge on any atom is -0.355 e. The number of hydrogen-bond donors (Lipinski definition) is 3. The summed E-state index contributed by atoms with van der Waals surface area (Å²) in [6, 6.07) is 8.22. The molecule has 8 bridgehead atoms. The summed E-state index contributed by atoms with van der Waals surface area (Å²) >= 11 is 5.47. The van der Waals surface area contributed by atoms with Crippen LogP contribution in [0, 0.1) is 0 Å². The van der Waals surface area contributed by atoms with Crippen LogP contribution in [0.2, 0.25) is 0 Å². The maximum absolute atomic E-state index is 5.47. The van der Waals surface area contributed by atoms with E-state index in [0.29, 0.717) is 0 Å². The molecule has 0 spiro atoms. The van der Waals surface area contributed by atoms with Crippen LogP contribution in [-0.2, 0) is 0 Å². The molecule has 0 unspecified atom stereocenters. The number of rotatable bonds is 0. The number of allylic oxidation sites excluding steroid dienone is 5. The molecular weight excluding hydrogens is 328 g/mol. The molecule has 3 aliphatic rings. The number of hydrogen-bond acceptors (Lipinski definition) is 3. The van der Waals surface area contributed by atoms with Crippen molar-refractivity contribution in [1.29, 1.82) is 0 Å². The molecule has 120 valence electrons. The van der Waals surface area contributed by atoms with Gasteiger partial charge < -0.3 is 15.3 Å². The quantitative estimate of drug-likeness (QED) is 0.642. The van der Waals surface area contributed by atoms with Crippen LogP contribution in [0.4, 0.5) is 0 Å². The number of fused-ring (bicyclic) bond motifs is 7. The molecule has 5 rings (SSSR count). The molecule has 25 heavy (non-hydrogen) atoms. The first-order valence-electron chi connectivity index (χ1n) is 8.02. The van der Waals surface area contributed by atoms with Gasteiger partial charge in [0.05, 0.1) is 22.0 Å². The molecule has 0 aromatic carbocycles. The van der Waals surface area contributed by atoms with Crippen LogP contribution in [0.25, 0.3) is 18.2 Å². The molecule has 3 aliphatic heterocycles. The predicted octanol–water partition coefficient (Wildman–Crippen LogP) is 2.06. The fraction of sp³-hybridized carbons (Fsp3) is 0. The highest BCUT2D eigenvalue weighted by atomic mass is 32.1. The van der Waals surface area contributed by atoms with Gasteiger partial charge in [-0.25, -0.2) is 4.99 Å². The van der Waals surface area contributed by atoms with E-state index in [-0.39, 0.29) is 0 Å². The van der Waals surface area contributed by atoms with Crippen molar-refractivity contribution in [3.05, 3.63) is 87.7 Å². The van der Waals surface area contributed by atoms with Gasteiger partial charge >= 0.3 is 0 Å². The monoisotopic (exact) mass is 342 g/mol. The minimum atomic E-state index is 0.788. The first-order valence-corrected chi connectivity index (χ1v) is 8.43. The fourth-order valence-electron chi connectivity index (χ4n) is 3.05. The number of nitrogens with one attached hydrogen (secondary N) is 3. The van der Waals surface area contributed by atoms with E-state index in [1.807, 2.05) is 36.5 Å². The molecule has 2 aromatic rings. The van der Waals surface area contributed by atoms with Crippen LogP contribution in [0.5, 0.6) is 0 Å². The van der Waals surface area contributed by atoms with Gasteiger partial charge in [-0.1, -0.05) is 12.2 Å². The smallest absolute Gasteiger partial charge is 0.0658 e. The summed E-state index contributed by atoms with van der Waals surface area (Å²) in [5, 5.41) is 5.42. The highest BCUT2D eigenvalue weighted by Crippen LogP contribution is 2.18. The first kappa shape index (κ1) is 14.2. The van der Waals surface area contributed by atoms with Crippen molar-refractivity contribution in [3.8, 4) is 0 Å². The summed E-state index contributed by atoms with van der Waals surface area (Å²) in [5.41, 5.74) is 5.74. The molecule has 0 atom stereocenters. The van der Waals surface area contributed by atoms with Crippen molar-refractivity contribution >= 4 is 41.0 Å². The zero-order chi connectivity index (χ0) is 16.8. The summed E-state index contributed by atoms with van der Waals surface area (Å²) in [5.74, 6) is 0. The lowest BCUT2D eigenvalue weighted by Gasteiger charge is -2.01. The molecule has 4 nitrogen and oxygen atoms in total. The number of aromatic nitrogens is 2. The SMILES string of the molecule is S=C1C=C2C=c3ccc([nH]3)=Cc3ccc([nH]3)C=C3C=CC(=N3)C=C1N2. The molecular formula is C20H14N4S. The number of thiocarbonyl (C=S) groups is 1. The van der Waals surface area contributed by atoms with E-state index in [1.54, 1.807) is 0 Å². The van der Waals surface area contributed by atoms with Crippen LogP contribution in [0.15, 0.2) is 70.7 Å². The topological polar surface area (TPSA) is 56.0 Å². The van der Waals surface area contributed by atoms with Crippen molar-refractivity contribution in [2.24, 2.45) is 4.99 Å². The van der Waals surface area contributed by atoms with Gasteiger partial charge in [0.15, 0.2) is 0 Å². The Bertz CT molecular complexity index is 1180.